The number of amides is 1. The van der Waals surface area contributed by atoms with Crippen molar-refractivity contribution in [3.05, 3.63) is 47.3 Å². The molecule has 0 aliphatic rings. The lowest BCUT2D eigenvalue weighted by Crippen LogP contribution is -2.25. The van der Waals surface area contributed by atoms with Crippen LogP contribution in [-0.2, 0) is 12.7 Å². The lowest BCUT2D eigenvalue weighted by Gasteiger charge is -2.08. The normalized spacial score (nSPS) is 11.7. The summed E-state index contributed by atoms with van der Waals surface area (Å²) in [5.74, 6) is -0.493. The van der Waals surface area contributed by atoms with E-state index in [1.54, 1.807) is 0 Å². The van der Waals surface area contributed by atoms with Gasteiger partial charge in [0, 0.05) is 24.3 Å². The summed E-state index contributed by atoms with van der Waals surface area (Å²) in [5.41, 5.74) is -0.329. The number of halogens is 5. The first-order valence-electron chi connectivity index (χ1n) is 7.61. The summed E-state index contributed by atoms with van der Waals surface area (Å²) in [4.78, 5) is 11.9. The average molecular weight is 377 g/mol. The minimum atomic E-state index is -4.50. The molecule has 5 nitrogen and oxygen atoms in total. The molecule has 0 spiro atoms. The molecule has 10 heteroatoms. The second kappa shape index (κ2) is 8.15. The molecule has 0 aliphatic carbocycles. The third kappa shape index (κ3) is 5.43. The van der Waals surface area contributed by atoms with Crippen molar-refractivity contribution in [2.75, 3.05) is 6.54 Å². The Morgan fingerprint density at radius 2 is 1.92 bits per heavy atom. The van der Waals surface area contributed by atoms with Gasteiger partial charge in [-0.2, -0.15) is 27.1 Å². The maximum Gasteiger partial charge on any atom is 0.435 e. The van der Waals surface area contributed by atoms with Crippen LogP contribution in [0.1, 0.15) is 28.2 Å². The van der Waals surface area contributed by atoms with Gasteiger partial charge in [0.25, 0.3) is 5.91 Å². The predicted molar refractivity (Wildman–Crippen MR) is 82.0 cm³/mol. The number of nitrogens with one attached hydrogen (secondary N) is 1. The van der Waals surface area contributed by atoms with E-state index in [2.05, 4.69) is 15.2 Å². The van der Waals surface area contributed by atoms with E-state index >= 15 is 0 Å². The van der Waals surface area contributed by atoms with Gasteiger partial charge in [-0.15, -0.1) is 0 Å². The van der Waals surface area contributed by atoms with Gasteiger partial charge in [-0.05, 0) is 43.7 Å². The lowest BCUT2D eigenvalue weighted by atomic mass is 10.2. The molecule has 0 fully saturated rings. The van der Waals surface area contributed by atoms with Crippen molar-refractivity contribution >= 4 is 5.91 Å². The van der Waals surface area contributed by atoms with Gasteiger partial charge in [-0.25, -0.2) is 0 Å². The first-order chi connectivity index (χ1) is 12.2. The molecule has 0 saturated carbocycles. The molecule has 0 unspecified atom stereocenters. The number of nitrogens with zero attached hydrogens (tertiary/aromatic N) is 2. The van der Waals surface area contributed by atoms with Crippen molar-refractivity contribution in [3.8, 4) is 5.75 Å². The van der Waals surface area contributed by atoms with Crippen LogP contribution in [0.5, 0.6) is 5.75 Å². The molecular formula is C16H16F5N3O2. The standard InChI is InChI=1S/C16H16F5N3O2/c1-10-9-13(16(19,20)21)23-24(10)8-2-7-22-14(25)11-3-5-12(6-4-11)26-15(17)18/h3-6,9,15H,2,7-8H2,1H3,(H,22,25). The fourth-order valence-electron chi connectivity index (χ4n) is 2.20. The van der Waals surface area contributed by atoms with Crippen molar-refractivity contribution in [3.63, 3.8) is 0 Å². The maximum absolute atomic E-state index is 12.6. The highest BCUT2D eigenvalue weighted by Crippen LogP contribution is 2.28. The highest BCUT2D eigenvalue weighted by molar-refractivity contribution is 5.94. The number of hydrogen-bond acceptors (Lipinski definition) is 3. The summed E-state index contributed by atoms with van der Waals surface area (Å²) in [6.45, 7) is -1.000. The molecule has 1 N–H and O–H groups in total. The molecule has 26 heavy (non-hydrogen) atoms. The Morgan fingerprint density at radius 3 is 2.46 bits per heavy atom. The number of benzene rings is 1. The zero-order chi connectivity index (χ0) is 19.3. The van der Waals surface area contributed by atoms with Crippen LogP contribution in [-0.4, -0.2) is 28.8 Å². The van der Waals surface area contributed by atoms with Crippen LogP contribution < -0.4 is 10.1 Å². The molecule has 2 rings (SSSR count). The van der Waals surface area contributed by atoms with Crippen LogP contribution in [0, 0.1) is 6.92 Å². The van der Waals surface area contributed by atoms with E-state index < -0.39 is 24.4 Å². The van der Waals surface area contributed by atoms with Crippen molar-refractivity contribution in [2.24, 2.45) is 0 Å². The van der Waals surface area contributed by atoms with E-state index in [1.807, 2.05) is 0 Å². The number of hydrogen-bond donors (Lipinski definition) is 1. The fraction of sp³-hybridized carbons (Fsp3) is 0.375. The topological polar surface area (TPSA) is 56.2 Å². The highest BCUT2D eigenvalue weighted by Gasteiger charge is 2.34. The number of rotatable bonds is 7. The number of carbonyl (C=O) groups is 1. The fourth-order valence-corrected chi connectivity index (χ4v) is 2.20. The van der Waals surface area contributed by atoms with Gasteiger partial charge in [-0.3, -0.25) is 9.48 Å². The molecule has 1 aromatic heterocycles. The molecule has 0 radical (unpaired) electrons. The van der Waals surface area contributed by atoms with Gasteiger partial charge >= 0.3 is 12.8 Å². The number of ether oxygens (including phenoxy) is 1. The lowest BCUT2D eigenvalue weighted by molar-refractivity contribution is -0.141. The van der Waals surface area contributed by atoms with E-state index in [4.69, 9.17) is 0 Å². The number of carbonyl (C=O) groups excluding carboxylic acids is 1. The van der Waals surface area contributed by atoms with Crippen LogP contribution >= 0.6 is 0 Å². The van der Waals surface area contributed by atoms with E-state index in [0.717, 1.165) is 6.07 Å². The van der Waals surface area contributed by atoms with Gasteiger partial charge in [0.1, 0.15) is 5.75 Å². The maximum atomic E-state index is 12.6. The van der Waals surface area contributed by atoms with Crippen LogP contribution in [0.2, 0.25) is 0 Å². The van der Waals surface area contributed by atoms with E-state index in [9.17, 15) is 26.7 Å². The molecule has 2 aromatic rings. The van der Waals surface area contributed by atoms with E-state index in [-0.39, 0.29) is 24.4 Å². The Balaban J connectivity index is 1.81. The quantitative estimate of drug-likeness (QED) is 0.592. The van der Waals surface area contributed by atoms with Crippen LogP contribution in [0.15, 0.2) is 30.3 Å². The number of alkyl halides is 5. The SMILES string of the molecule is Cc1cc(C(F)(F)F)nn1CCCNC(=O)c1ccc(OC(F)F)cc1. The third-order valence-corrected chi connectivity index (χ3v) is 3.45. The summed E-state index contributed by atoms with van der Waals surface area (Å²) < 4.78 is 67.2. The van der Waals surface area contributed by atoms with Gasteiger partial charge < -0.3 is 10.1 Å². The average Bonchev–Trinajstić information content (AvgIpc) is 2.93. The molecule has 142 valence electrons. The second-order valence-corrected chi connectivity index (χ2v) is 5.40. The minimum absolute atomic E-state index is 0.0637. The zero-order valence-electron chi connectivity index (χ0n) is 13.7. The molecule has 1 amide bonds. The summed E-state index contributed by atoms with van der Waals surface area (Å²) in [5, 5.41) is 6.09. The Hall–Kier alpha value is -2.65. The minimum Gasteiger partial charge on any atom is -0.435 e. The summed E-state index contributed by atoms with van der Waals surface area (Å²) in [6, 6.07) is 6.11. The smallest absolute Gasteiger partial charge is 0.435 e. The third-order valence-electron chi connectivity index (χ3n) is 3.45. The van der Waals surface area contributed by atoms with E-state index in [1.165, 1.54) is 35.9 Å². The van der Waals surface area contributed by atoms with Crippen molar-refractivity contribution in [2.45, 2.75) is 32.7 Å². The Kier molecular flexibility index (Phi) is 6.17. The molecule has 1 heterocycles. The summed E-state index contributed by atoms with van der Waals surface area (Å²) >= 11 is 0. The molecular weight excluding hydrogens is 361 g/mol. The first kappa shape index (κ1) is 19.7. The van der Waals surface area contributed by atoms with Crippen molar-refractivity contribution < 1.29 is 31.5 Å². The van der Waals surface area contributed by atoms with Crippen molar-refractivity contribution in [1.82, 2.24) is 15.1 Å². The monoisotopic (exact) mass is 377 g/mol. The Bertz CT molecular complexity index is 741. The van der Waals surface area contributed by atoms with Crippen LogP contribution in [0.4, 0.5) is 22.0 Å². The Labute approximate surface area is 145 Å². The molecule has 0 saturated heterocycles. The predicted octanol–water partition coefficient (Wildman–Crippen LogP) is 3.63. The van der Waals surface area contributed by atoms with Gasteiger partial charge in [0.05, 0.1) is 0 Å². The number of aryl methyl sites for hydroxylation is 2. The largest absolute Gasteiger partial charge is 0.435 e. The molecule has 0 aliphatic heterocycles. The van der Waals surface area contributed by atoms with Crippen LogP contribution in [0.25, 0.3) is 0 Å². The highest BCUT2D eigenvalue weighted by atomic mass is 19.4. The molecule has 1 aromatic carbocycles. The van der Waals surface area contributed by atoms with Crippen LogP contribution in [0.3, 0.4) is 0 Å². The van der Waals surface area contributed by atoms with Gasteiger partial charge in [0.2, 0.25) is 0 Å². The zero-order valence-corrected chi connectivity index (χ0v) is 13.7. The summed E-state index contributed by atoms with van der Waals surface area (Å²) in [6.07, 6.45) is -4.12. The van der Waals surface area contributed by atoms with Gasteiger partial charge in [-0.1, -0.05) is 0 Å². The second-order valence-electron chi connectivity index (χ2n) is 5.40. The Morgan fingerprint density at radius 1 is 1.27 bits per heavy atom. The van der Waals surface area contributed by atoms with Gasteiger partial charge in [0.15, 0.2) is 5.69 Å². The molecule has 0 atom stereocenters. The first-order valence-corrected chi connectivity index (χ1v) is 7.61. The molecule has 0 bridgehead atoms. The van der Waals surface area contributed by atoms with Crippen molar-refractivity contribution in [1.29, 1.82) is 0 Å². The van der Waals surface area contributed by atoms with E-state index in [0.29, 0.717) is 12.1 Å². The summed E-state index contributed by atoms with van der Waals surface area (Å²) in [7, 11) is 0. The number of aromatic nitrogens is 2.